The van der Waals surface area contributed by atoms with E-state index in [9.17, 15) is 24.8 Å². The van der Waals surface area contributed by atoms with Crippen LogP contribution in [0, 0.1) is 16.0 Å². The lowest BCUT2D eigenvalue weighted by atomic mass is 9.88. The average molecular weight is 368 g/mol. The third-order valence-electron chi connectivity index (χ3n) is 4.28. The van der Waals surface area contributed by atoms with Crippen LogP contribution in [-0.2, 0) is 9.59 Å². The maximum Gasteiger partial charge on any atom is 0.278 e. The monoisotopic (exact) mass is 368 g/mol. The number of nitro groups is 1. The summed E-state index contributed by atoms with van der Waals surface area (Å²) in [5.41, 5.74) is 2.86. The van der Waals surface area contributed by atoms with Crippen molar-refractivity contribution in [3.05, 3.63) is 69.8 Å². The van der Waals surface area contributed by atoms with Gasteiger partial charge in [-0.2, -0.15) is 5.10 Å². The topological polar surface area (TPSA) is 134 Å². The molecule has 1 aliphatic rings. The predicted molar refractivity (Wildman–Crippen MR) is 96.2 cm³/mol. The molecule has 2 amide bonds. The largest absolute Gasteiger partial charge is 0.508 e. The second-order valence-corrected chi connectivity index (χ2v) is 5.97. The molecule has 3 N–H and O–H groups in total. The van der Waals surface area contributed by atoms with Crippen LogP contribution in [0.25, 0.3) is 0 Å². The van der Waals surface area contributed by atoms with Gasteiger partial charge in [-0.15, -0.1) is 0 Å². The number of phenolic OH excluding ortho intramolecular Hbond substituents is 1. The number of carbonyl (C=O) groups excluding carboxylic acids is 2. The summed E-state index contributed by atoms with van der Waals surface area (Å²) in [6.07, 6.45) is 1.06. The molecule has 9 heteroatoms. The number of benzene rings is 2. The zero-order chi connectivity index (χ0) is 19.4. The first-order chi connectivity index (χ1) is 13.0. The number of nitrogens with zero attached hydrogens (tertiary/aromatic N) is 2. The molecule has 1 saturated heterocycles. The van der Waals surface area contributed by atoms with Gasteiger partial charge in [0.1, 0.15) is 11.7 Å². The highest BCUT2D eigenvalue weighted by atomic mass is 16.6. The Labute approximate surface area is 153 Å². The first-order valence-electron chi connectivity index (χ1n) is 8.10. The maximum atomic E-state index is 12.4. The highest BCUT2D eigenvalue weighted by molar-refractivity contribution is 6.03. The van der Waals surface area contributed by atoms with Crippen LogP contribution < -0.4 is 10.7 Å². The van der Waals surface area contributed by atoms with Gasteiger partial charge in [-0.05, 0) is 17.7 Å². The lowest BCUT2D eigenvalue weighted by Gasteiger charge is -2.15. The van der Waals surface area contributed by atoms with Gasteiger partial charge >= 0.3 is 0 Å². The highest BCUT2D eigenvalue weighted by Gasteiger charge is 2.40. The first-order valence-corrected chi connectivity index (χ1v) is 8.10. The number of nitrogens with one attached hydrogen (secondary N) is 2. The van der Waals surface area contributed by atoms with E-state index in [-0.39, 0.29) is 22.9 Å². The van der Waals surface area contributed by atoms with Crippen LogP contribution in [0.15, 0.2) is 53.6 Å². The lowest BCUT2D eigenvalue weighted by molar-refractivity contribution is -0.385. The molecule has 2 aromatic carbocycles. The molecule has 0 saturated carbocycles. The summed E-state index contributed by atoms with van der Waals surface area (Å²) in [6, 6.07) is 12.6. The number of carbonyl (C=O) groups is 2. The van der Waals surface area contributed by atoms with E-state index in [4.69, 9.17) is 0 Å². The molecule has 0 aliphatic carbocycles. The van der Waals surface area contributed by atoms with Crippen LogP contribution in [0.3, 0.4) is 0 Å². The zero-order valence-corrected chi connectivity index (χ0v) is 14.0. The Morgan fingerprint density at radius 2 is 2.04 bits per heavy atom. The van der Waals surface area contributed by atoms with Gasteiger partial charge < -0.3 is 10.4 Å². The summed E-state index contributed by atoms with van der Waals surface area (Å²) in [4.78, 5) is 34.9. The third-order valence-corrected chi connectivity index (χ3v) is 4.28. The van der Waals surface area contributed by atoms with E-state index in [1.807, 2.05) is 30.3 Å². The standard InChI is InChI=1S/C18H16N4O5/c23-13-6-7-15(22(26)27)12(8-13)9-20-21-18(25)16-14(10-19-17(16)24)11-4-2-1-3-5-11/h1-9,14,16,23H,10H2,(H,19,24)(H,21,25)/t14-,16-/m0/s1. The van der Waals surface area contributed by atoms with Crippen LogP contribution >= 0.6 is 0 Å². The minimum Gasteiger partial charge on any atom is -0.508 e. The van der Waals surface area contributed by atoms with Gasteiger partial charge in [0.05, 0.1) is 16.7 Å². The van der Waals surface area contributed by atoms with E-state index in [0.717, 1.165) is 23.9 Å². The lowest BCUT2D eigenvalue weighted by Crippen LogP contribution is -2.34. The van der Waals surface area contributed by atoms with Crippen LogP contribution in [0.4, 0.5) is 5.69 Å². The molecule has 0 bridgehead atoms. The summed E-state index contributed by atoms with van der Waals surface area (Å²) in [5, 5.41) is 26.9. The molecule has 138 valence electrons. The summed E-state index contributed by atoms with van der Waals surface area (Å²) in [6.45, 7) is 0.336. The molecular weight excluding hydrogens is 352 g/mol. The second kappa shape index (κ2) is 7.65. The molecule has 2 aromatic rings. The SMILES string of the molecule is O=C1NC[C@@H](c2ccccc2)[C@@H]1C(=O)NN=Cc1cc(O)ccc1[N+](=O)[O-]. The zero-order valence-electron chi connectivity index (χ0n) is 14.0. The minimum atomic E-state index is -0.955. The number of nitro benzene ring substituents is 1. The van der Waals surface area contributed by atoms with Crippen molar-refractivity contribution in [1.82, 2.24) is 10.7 Å². The Morgan fingerprint density at radius 1 is 1.30 bits per heavy atom. The van der Waals surface area contributed by atoms with Gasteiger partial charge in [-0.25, -0.2) is 5.43 Å². The summed E-state index contributed by atoms with van der Waals surface area (Å²) in [7, 11) is 0. The first kappa shape index (κ1) is 18.1. The van der Waals surface area contributed by atoms with Gasteiger partial charge in [-0.3, -0.25) is 19.7 Å². The number of hydrogen-bond donors (Lipinski definition) is 3. The van der Waals surface area contributed by atoms with Crippen molar-refractivity contribution in [3.8, 4) is 5.75 Å². The van der Waals surface area contributed by atoms with Crippen LogP contribution in [-0.4, -0.2) is 34.6 Å². The van der Waals surface area contributed by atoms with E-state index in [1.54, 1.807) is 0 Å². The number of aromatic hydroxyl groups is 1. The van der Waals surface area contributed by atoms with Crippen molar-refractivity contribution in [3.63, 3.8) is 0 Å². The fourth-order valence-corrected chi connectivity index (χ4v) is 2.98. The molecule has 27 heavy (non-hydrogen) atoms. The molecule has 1 heterocycles. The van der Waals surface area contributed by atoms with Crippen LogP contribution in [0.5, 0.6) is 5.75 Å². The molecular formula is C18H16N4O5. The second-order valence-electron chi connectivity index (χ2n) is 5.97. The molecule has 0 unspecified atom stereocenters. The molecule has 2 atom stereocenters. The van der Waals surface area contributed by atoms with Crippen molar-refractivity contribution in [2.75, 3.05) is 6.54 Å². The van der Waals surface area contributed by atoms with Crippen molar-refractivity contribution in [2.45, 2.75) is 5.92 Å². The molecule has 1 fully saturated rings. The molecule has 1 aliphatic heterocycles. The summed E-state index contributed by atoms with van der Waals surface area (Å²) < 4.78 is 0. The number of amides is 2. The fourth-order valence-electron chi connectivity index (χ4n) is 2.98. The number of rotatable bonds is 5. The van der Waals surface area contributed by atoms with Gasteiger partial charge in [0.25, 0.3) is 11.6 Å². The normalized spacial score (nSPS) is 19.0. The van der Waals surface area contributed by atoms with Crippen LogP contribution in [0.1, 0.15) is 17.0 Å². The Bertz CT molecular complexity index is 913. The number of hydrogen-bond acceptors (Lipinski definition) is 6. The molecule has 0 aromatic heterocycles. The van der Waals surface area contributed by atoms with Gasteiger partial charge in [-0.1, -0.05) is 30.3 Å². The highest BCUT2D eigenvalue weighted by Crippen LogP contribution is 2.29. The maximum absolute atomic E-state index is 12.4. The van der Waals surface area contributed by atoms with Gasteiger partial charge in [0, 0.05) is 18.5 Å². The van der Waals surface area contributed by atoms with E-state index in [2.05, 4.69) is 15.8 Å². The Morgan fingerprint density at radius 3 is 2.74 bits per heavy atom. The Kier molecular flexibility index (Phi) is 5.11. The van der Waals surface area contributed by atoms with Crippen LogP contribution in [0.2, 0.25) is 0 Å². The predicted octanol–water partition coefficient (Wildman–Crippen LogP) is 1.28. The summed E-state index contributed by atoms with van der Waals surface area (Å²) >= 11 is 0. The minimum absolute atomic E-state index is 0.0239. The Balaban J connectivity index is 1.75. The molecule has 3 rings (SSSR count). The van der Waals surface area contributed by atoms with E-state index in [1.165, 1.54) is 6.07 Å². The van der Waals surface area contributed by atoms with Gasteiger partial charge in [0.15, 0.2) is 0 Å². The van der Waals surface area contributed by atoms with Gasteiger partial charge in [0.2, 0.25) is 5.91 Å². The average Bonchev–Trinajstić information content (AvgIpc) is 3.04. The number of hydrazone groups is 1. The number of phenols is 1. The Hall–Kier alpha value is -3.75. The van der Waals surface area contributed by atoms with Crippen molar-refractivity contribution in [1.29, 1.82) is 0 Å². The van der Waals surface area contributed by atoms with E-state index >= 15 is 0 Å². The summed E-state index contributed by atoms with van der Waals surface area (Å²) in [5.74, 6) is -2.47. The van der Waals surface area contributed by atoms with Crippen molar-refractivity contribution >= 4 is 23.7 Å². The molecule has 9 nitrogen and oxygen atoms in total. The van der Waals surface area contributed by atoms with Crippen molar-refractivity contribution < 1.29 is 19.6 Å². The fraction of sp³-hybridized carbons (Fsp3) is 0.167. The molecule has 0 radical (unpaired) electrons. The quantitative estimate of drug-likeness (QED) is 0.316. The molecule has 0 spiro atoms. The smallest absolute Gasteiger partial charge is 0.278 e. The van der Waals surface area contributed by atoms with E-state index < -0.39 is 22.7 Å². The van der Waals surface area contributed by atoms with Crippen molar-refractivity contribution in [2.24, 2.45) is 11.0 Å². The third kappa shape index (κ3) is 3.92. The van der Waals surface area contributed by atoms with E-state index in [0.29, 0.717) is 6.54 Å².